The van der Waals surface area contributed by atoms with Crippen LogP contribution < -0.4 is 19.7 Å². The number of benzene rings is 2. The van der Waals surface area contributed by atoms with Crippen molar-refractivity contribution < 1.29 is 18.8 Å². The van der Waals surface area contributed by atoms with Crippen molar-refractivity contribution in [1.29, 1.82) is 0 Å². The molecule has 3 N–H and O–H groups in total. The molecule has 2 aromatic carbocycles. The third-order valence-electron chi connectivity index (χ3n) is 8.86. The van der Waals surface area contributed by atoms with E-state index in [1.54, 1.807) is 18.3 Å². The lowest BCUT2D eigenvalue weighted by Crippen LogP contribution is -2.48. The van der Waals surface area contributed by atoms with Gasteiger partial charge in [0.1, 0.15) is 23.7 Å². The van der Waals surface area contributed by atoms with Gasteiger partial charge in [-0.1, -0.05) is 30.2 Å². The van der Waals surface area contributed by atoms with E-state index in [9.17, 15) is 14.1 Å². The molecule has 1 amide bonds. The van der Waals surface area contributed by atoms with Crippen LogP contribution in [0.5, 0.6) is 5.75 Å². The number of ether oxygens (including phenoxy) is 1. The molecule has 0 radical (unpaired) electrons. The van der Waals surface area contributed by atoms with Crippen molar-refractivity contribution in [1.82, 2.24) is 20.0 Å². The standard InChI is InChI=1S/C34H39N5O4S/c1-33(2,3)44(42)38-30-27-9-5-4-7-24(27)20-34(30)13-16-39(17-14-34)31-29(22-40)37-25(21-36-31)8-6-18-43-26-10-11-28-23(19-26)12-15-35-32(28)41/h4-5,7,9-11,19,21,30,38,40H,12-18,20,22H2,1-3H3,(H,35,41)/t30-,44?/m1/s1. The van der Waals surface area contributed by atoms with Gasteiger partial charge in [0.05, 0.1) is 34.6 Å². The van der Waals surface area contributed by atoms with Crippen LogP contribution in [0.4, 0.5) is 5.82 Å². The number of nitrogens with one attached hydrogen (secondary N) is 2. The minimum atomic E-state index is -1.19. The zero-order valence-corrected chi connectivity index (χ0v) is 26.3. The molecule has 2 atom stereocenters. The number of hydrogen-bond acceptors (Lipinski definition) is 7. The molecule has 1 aromatic heterocycles. The number of nitrogens with zero attached hydrogens (tertiary/aromatic N) is 3. The third kappa shape index (κ3) is 6.09. The van der Waals surface area contributed by atoms with Gasteiger partial charge in [-0.3, -0.25) is 4.79 Å². The van der Waals surface area contributed by atoms with E-state index in [0.717, 1.165) is 44.3 Å². The monoisotopic (exact) mass is 613 g/mol. The van der Waals surface area contributed by atoms with Gasteiger partial charge in [0.15, 0.2) is 5.82 Å². The molecule has 3 heterocycles. The Morgan fingerprint density at radius 3 is 2.75 bits per heavy atom. The number of rotatable bonds is 6. The van der Waals surface area contributed by atoms with Gasteiger partial charge in [0.2, 0.25) is 0 Å². The van der Waals surface area contributed by atoms with Gasteiger partial charge in [0.25, 0.3) is 5.91 Å². The molecule has 10 heteroatoms. The zero-order valence-electron chi connectivity index (χ0n) is 25.5. The maximum atomic E-state index is 13.2. The summed E-state index contributed by atoms with van der Waals surface area (Å²) >= 11 is 0. The van der Waals surface area contributed by atoms with E-state index in [2.05, 4.69) is 61.0 Å². The summed E-state index contributed by atoms with van der Waals surface area (Å²) in [5.74, 6) is 7.27. The molecular weight excluding hydrogens is 574 g/mol. The van der Waals surface area contributed by atoms with Crippen molar-refractivity contribution in [3.05, 3.63) is 82.3 Å². The van der Waals surface area contributed by atoms with Gasteiger partial charge in [-0.25, -0.2) is 18.9 Å². The van der Waals surface area contributed by atoms with Gasteiger partial charge in [0, 0.05) is 25.2 Å². The molecule has 230 valence electrons. The lowest BCUT2D eigenvalue weighted by Gasteiger charge is -2.44. The van der Waals surface area contributed by atoms with E-state index in [0.29, 0.717) is 35.1 Å². The van der Waals surface area contributed by atoms with Crippen LogP contribution in [0.15, 0.2) is 48.7 Å². The van der Waals surface area contributed by atoms with E-state index in [1.165, 1.54) is 11.1 Å². The molecule has 0 saturated carbocycles. The van der Waals surface area contributed by atoms with Crippen molar-refractivity contribution in [2.24, 2.45) is 5.41 Å². The maximum Gasteiger partial charge on any atom is 0.251 e. The molecule has 3 aromatic rings. The predicted molar refractivity (Wildman–Crippen MR) is 171 cm³/mol. The molecule has 1 aliphatic carbocycles. The Balaban J connectivity index is 1.11. The van der Waals surface area contributed by atoms with Crippen LogP contribution in [0.1, 0.15) is 78.1 Å². The van der Waals surface area contributed by atoms with Crippen molar-refractivity contribution in [3.63, 3.8) is 0 Å². The van der Waals surface area contributed by atoms with Gasteiger partial charge < -0.3 is 20.1 Å². The number of aliphatic hydroxyl groups excluding tert-OH is 1. The quantitative estimate of drug-likeness (QED) is 0.364. The van der Waals surface area contributed by atoms with E-state index in [4.69, 9.17) is 4.74 Å². The summed E-state index contributed by atoms with van der Waals surface area (Å²) in [6, 6.07) is 14.0. The number of aromatic nitrogens is 2. The summed E-state index contributed by atoms with van der Waals surface area (Å²) in [4.78, 5) is 23.4. The first-order chi connectivity index (χ1) is 21.2. The van der Waals surface area contributed by atoms with Crippen molar-refractivity contribution in [2.45, 2.75) is 63.9 Å². The van der Waals surface area contributed by atoms with Crippen LogP contribution in [0.25, 0.3) is 0 Å². The smallest absolute Gasteiger partial charge is 0.251 e. The van der Waals surface area contributed by atoms with Gasteiger partial charge in [-0.05, 0) is 92.7 Å². The molecule has 1 spiro atoms. The van der Waals surface area contributed by atoms with E-state index < -0.39 is 11.0 Å². The fourth-order valence-electron chi connectivity index (χ4n) is 6.48. The Hall–Kier alpha value is -3.78. The summed E-state index contributed by atoms with van der Waals surface area (Å²) in [6.45, 7) is 8.07. The largest absolute Gasteiger partial charge is 0.481 e. The summed E-state index contributed by atoms with van der Waals surface area (Å²) < 4.78 is 22.1. The van der Waals surface area contributed by atoms with E-state index >= 15 is 0 Å². The molecule has 9 nitrogen and oxygen atoms in total. The first-order valence-electron chi connectivity index (χ1n) is 15.2. The highest BCUT2D eigenvalue weighted by Crippen LogP contribution is 2.52. The van der Waals surface area contributed by atoms with E-state index in [-0.39, 0.29) is 35.3 Å². The lowest BCUT2D eigenvalue weighted by molar-refractivity contribution is 0.0946. The summed E-state index contributed by atoms with van der Waals surface area (Å²) in [7, 11) is -1.19. The molecule has 2 aliphatic heterocycles. The van der Waals surface area contributed by atoms with Crippen molar-refractivity contribution in [2.75, 3.05) is 31.1 Å². The lowest BCUT2D eigenvalue weighted by atomic mass is 9.73. The minimum absolute atomic E-state index is 0.0185. The molecule has 1 saturated heterocycles. The average Bonchev–Trinajstić information content (AvgIpc) is 3.31. The Bertz CT molecular complexity index is 1650. The van der Waals surface area contributed by atoms with Crippen LogP contribution in [0.3, 0.4) is 0 Å². The van der Waals surface area contributed by atoms with Gasteiger partial charge in [-0.2, -0.15) is 0 Å². The van der Waals surface area contributed by atoms with Crippen LogP contribution >= 0.6 is 0 Å². The van der Waals surface area contributed by atoms with Crippen molar-refractivity contribution >= 4 is 22.7 Å². The third-order valence-corrected chi connectivity index (χ3v) is 10.4. The maximum absolute atomic E-state index is 13.2. The molecule has 3 aliphatic rings. The highest BCUT2D eigenvalue weighted by Gasteiger charge is 2.49. The summed E-state index contributed by atoms with van der Waals surface area (Å²) in [5.41, 5.74) is 5.17. The number of anilines is 1. The highest BCUT2D eigenvalue weighted by molar-refractivity contribution is 7.84. The number of piperidine rings is 1. The van der Waals surface area contributed by atoms with Crippen LogP contribution in [0.2, 0.25) is 0 Å². The Kier molecular flexibility index (Phi) is 8.46. The Morgan fingerprint density at radius 2 is 1.98 bits per heavy atom. The topological polar surface area (TPSA) is 117 Å². The molecule has 1 unspecified atom stereocenters. The normalized spacial score (nSPS) is 19.4. The molecule has 6 rings (SSSR count). The zero-order chi connectivity index (χ0) is 30.9. The second kappa shape index (κ2) is 12.3. The number of fused-ring (bicyclic) bond motifs is 2. The van der Waals surface area contributed by atoms with Crippen LogP contribution in [-0.2, 0) is 30.4 Å². The Labute approximate surface area is 261 Å². The predicted octanol–water partition coefficient (Wildman–Crippen LogP) is 3.62. The summed E-state index contributed by atoms with van der Waals surface area (Å²) in [6.07, 6.45) is 5.17. The van der Waals surface area contributed by atoms with Gasteiger partial charge in [-0.15, -0.1) is 0 Å². The second-order valence-electron chi connectivity index (χ2n) is 12.8. The van der Waals surface area contributed by atoms with Crippen LogP contribution in [0, 0.1) is 17.3 Å². The van der Waals surface area contributed by atoms with Gasteiger partial charge >= 0.3 is 0 Å². The number of amides is 1. The van der Waals surface area contributed by atoms with Crippen LogP contribution in [-0.4, -0.2) is 56.2 Å². The fraction of sp³-hybridized carbons (Fsp3) is 0.441. The summed E-state index contributed by atoms with van der Waals surface area (Å²) in [5, 5.41) is 13.0. The number of aliphatic hydroxyl groups is 1. The van der Waals surface area contributed by atoms with Crippen molar-refractivity contribution in [3.8, 4) is 17.6 Å². The number of carbonyl (C=O) groups excluding carboxylic acids is 1. The number of carbonyl (C=O) groups is 1. The molecule has 0 bridgehead atoms. The number of hydrogen-bond donors (Lipinski definition) is 3. The Morgan fingerprint density at radius 1 is 1.18 bits per heavy atom. The fourth-order valence-corrected chi connectivity index (χ4v) is 7.43. The first kappa shape index (κ1) is 30.3. The minimum Gasteiger partial charge on any atom is -0.481 e. The molecule has 1 fully saturated rings. The first-order valence-corrected chi connectivity index (χ1v) is 16.3. The molecule has 44 heavy (non-hydrogen) atoms. The molecular formula is C34H39N5O4S. The second-order valence-corrected chi connectivity index (χ2v) is 14.8. The van der Waals surface area contributed by atoms with E-state index in [1.807, 2.05) is 26.8 Å². The average molecular weight is 614 g/mol. The highest BCUT2D eigenvalue weighted by atomic mass is 32.2. The SMILES string of the molecule is CC(C)(C)S(=O)N[C@@H]1c2ccccc2CC12CCN(c1ncc(C#CCOc3ccc4c(c3)CCNC4=O)nc1CO)CC2.